The zero-order valence-electron chi connectivity index (χ0n) is 9.12. The summed E-state index contributed by atoms with van der Waals surface area (Å²) in [5.41, 5.74) is 0.659. The molecular weight excluding hydrogens is 376 g/mol. The fraction of sp³-hybridized carbons (Fsp3) is 0. The number of nitrogens with one attached hydrogen (secondary N) is 1. The van der Waals surface area contributed by atoms with E-state index in [1.165, 1.54) is 6.33 Å². The van der Waals surface area contributed by atoms with Crippen LogP contribution in [0.1, 0.15) is 10.4 Å². The van der Waals surface area contributed by atoms with Crippen molar-refractivity contribution < 1.29 is 4.79 Å². The number of aromatic nitrogens is 2. The molecule has 0 spiro atoms. The molecule has 0 aliphatic carbocycles. The van der Waals surface area contributed by atoms with Gasteiger partial charge in [-0.25, -0.2) is 9.97 Å². The lowest BCUT2D eigenvalue weighted by Gasteiger charge is -2.11. The number of carbonyl (C=O) groups is 1. The summed E-state index contributed by atoms with van der Waals surface area (Å²) in [5, 5.41) is 3.63. The number of rotatable bonds is 3. The molecule has 0 fully saturated rings. The molecule has 0 atom stereocenters. The Morgan fingerprint density at radius 1 is 1.16 bits per heavy atom. The summed E-state index contributed by atoms with van der Waals surface area (Å²) >= 11 is 21.2. The van der Waals surface area contributed by atoms with Crippen LogP contribution in [0, 0.1) is 0 Å². The number of hydrogen-bond donors (Lipinski definition) is 1. The highest BCUT2D eigenvalue weighted by Gasteiger charge is 2.13. The van der Waals surface area contributed by atoms with E-state index in [9.17, 15) is 4.79 Å². The van der Waals surface area contributed by atoms with Crippen LogP contribution in [0.4, 0.5) is 11.5 Å². The van der Waals surface area contributed by atoms with Crippen LogP contribution in [0.25, 0.3) is 0 Å². The van der Waals surface area contributed by atoms with Gasteiger partial charge >= 0.3 is 0 Å². The van der Waals surface area contributed by atoms with Crippen LogP contribution in [0.3, 0.4) is 0 Å². The molecule has 1 aromatic carbocycles. The first-order chi connectivity index (χ1) is 9.04. The summed E-state index contributed by atoms with van der Waals surface area (Å²) in [6, 6.07) is 3.42. The second-order valence-electron chi connectivity index (χ2n) is 3.39. The molecule has 2 rings (SSSR count). The van der Waals surface area contributed by atoms with E-state index in [2.05, 4.69) is 31.2 Å². The molecule has 19 heavy (non-hydrogen) atoms. The van der Waals surface area contributed by atoms with Crippen LogP contribution in [0.15, 0.2) is 22.9 Å². The van der Waals surface area contributed by atoms with E-state index in [4.69, 9.17) is 34.8 Å². The van der Waals surface area contributed by atoms with Crippen molar-refractivity contribution in [2.24, 2.45) is 0 Å². The van der Waals surface area contributed by atoms with E-state index >= 15 is 0 Å². The standard InChI is InChI=1S/C11H5BrCl3N3O/c12-6-1-2-7(9(14)8(6)13)18-11-5(3-19)10(15)16-4-17-11/h1-4H,(H,16,17,18). The van der Waals surface area contributed by atoms with E-state index < -0.39 is 0 Å². The van der Waals surface area contributed by atoms with Crippen molar-refractivity contribution in [3.8, 4) is 0 Å². The zero-order chi connectivity index (χ0) is 14.0. The summed E-state index contributed by atoms with van der Waals surface area (Å²) in [6.45, 7) is 0. The number of benzene rings is 1. The van der Waals surface area contributed by atoms with Gasteiger partial charge < -0.3 is 5.32 Å². The minimum atomic E-state index is 0.0619. The van der Waals surface area contributed by atoms with Gasteiger partial charge in [0.25, 0.3) is 0 Å². The van der Waals surface area contributed by atoms with E-state index in [0.29, 0.717) is 26.5 Å². The third-order valence-corrected chi connectivity index (χ3v) is 4.31. The molecule has 1 heterocycles. The van der Waals surface area contributed by atoms with Gasteiger partial charge in [-0.3, -0.25) is 4.79 Å². The van der Waals surface area contributed by atoms with Crippen molar-refractivity contribution in [3.63, 3.8) is 0 Å². The molecule has 0 amide bonds. The first-order valence-corrected chi connectivity index (χ1v) is 6.83. The highest BCUT2D eigenvalue weighted by Crippen LogP contribution is 2.37. The van der Waals surface area contributed by atoms with Gasteiger partial charge in [0, 0.05) is 4.47 Å². The Morgan fingerprint density at radius 2 is 1.89 bits per heavy atom. The fourth-order valence-corrected chi connectivity index (χ4v) is 2.33. The van der Waals surface area contributed by atoms with Crippen molar-refractivity contribution in [2.45, 2.75) is 0 Å². The molecule has 0 aliphatic rings. The molecule has 0 bridgehead atoms. The minimum absolute atomic E-state index is 0.0619. The quantitative estimate of drug-likeness (QED) is 0.473. The van der Waals surface area contributed by atoms with Gasteiger partial charge in [-0.15, -0.1) is 0 Å². The third kappa shape index (κ3) is 3.00. The van der Waals surface area contributed by atoms with Gasteiger partial charge in [-0.2, -0.15) is 0 Å². The molecule has 1 aromatic heterocycles. The molecular formula is C11H5BrCl3N3O. The highest BCUT2D eigenvalue weighted by atomic mass is 79.9. The Bertz CT molecular complexity index is 651. The predicted octanol–water partition coefficient (Wildman–Crippen LogP) is 4.76. The van der Waals surface area contributed by atoms with Crippen molar-refractivity contribution in [2.75, 3.05) is 5.32 Å². The first-order valence-electron chi connectivity index (χ1n) is 4.90. The average Bonchev–Trinajstić information content (AvgIpc) is 2.40. The smallest absolute Gasteiger partial charge is 0.156 e. The Morgan fingerprint density at radius 3 is 2.58 bits per heavy atom. The molecule has 1 N–H and O–H groups in total. The fourth-order valence-electron chi connectivity index (χ4n) is 1.33. The molecule has 98 valence electrons. The molecule has 8 heteroatoms. The zero-order valence-corrected chi connectivity index (χ0v) is 13.0. The first kappa shape index (κ1) is 14.5. The van der Waals surface area contributed by atoms with E-state index in [1.807, 2.05) is 0 Å². The largest absolute Gasteiger partial charge is 0.338 e. The number of carbonyl (C=O) groups excluding carboxylic acids is 1. The Kier molecular flexibility index (Phi) is 4.62. The molecule has 0 saturated heterocycles. The average molecular weight is 381 g/mol. The molecule has 0 unspecified atom stereocenters. The van der Waals surface area contributed by atoms with Gasteiger partial charge in [-0.1, -0.05) is 34.8 Å². The van der Waals surface area contributed by atoms with Crippen LogP contribution in [0.5, 0.6) is 0 Å². The van der Waals surface area contributed by atoms with Gasteiger partial charge in [0.1, 0.15) is 17.3 Å². The van der Waals surface area contributed by atoms with Crippen LogP contribution in [0.2, 0.25) is 15.2 Å². The highest BCUT2D eigenvalue weighted by molar-refractivity contribution is 9.10. The second kappa shape index (κ2) is 6.05. The van der Waals surface area contributed by atoms with E-state index in [0.717, 1.165) is 0 Å². The van der Waals surface area contributed by atoms with Gasteiger partial charge in [-0.05, 0) is 28.1 Å². The number of halogens is 4. The maximum absolute atomic E-state index is 11.0. The maximum Gasteiger partial charge on any atom is 0.156 e. The molecule has 4 nitrogen and oxygen atoms in total. The molecule has 0 radical (unpaired) electrons. The number of anilines is 2. The van der Waals surface area contributed by atoms with Crippen molar-refractivity contribution in [3.05, 3.63) is 43.7 Å². The number of aldehydes is 1. The molecule has 0 aliphatic heterocycles. The minimum Gasteiger partial charge on any atom is -0.338 e. The summed E-state index contributed by atoms with van der Waals surface area (Å²) < 4.78 is 0.668. The van der Waals surface area contributed by atoms with Crippen molar-refractivity contribution in [1.82, 2.24) is 9.97 Å². The summed E-state index contributed by atoms with van der Waals surface area (Å²) in [6.07, 6.45) is 1.81. The van der Waals surface area contributed by atoms with Gasteiger partial charge in [0.2, 0.25) is 0 Å². The van der Waals surface area contributed by atoms with Crippen LogP contribution in [-0.4, -0.2) is 16.3 Å². The summed E-state index contributed by atoms with van der Waals surface area (Å²) in [5.74, 6) is 0.260. The predicted molar refractivity (Wildman–Crippen MR) is 79.9 cm³/mol. The van der Waals surface area contributed by atoms with E-state index in [-0.39, 0.29) is 16.5 Å². The maximum atomic E-state index is 11.0. The summed E-state index contributed by atoms with van der Waals surface area (Å²) in [4.78, 5) is 18.6. The molecule has 0 saturated carbocycles. The van der Waals surface area contributed by atoms with Crippen molar-refractivity contribution >= 4 is 68.5 Å². The lowest BCUT2D eigenvalue weighted by Crippen LogP contribution is -2.01. The lowest BCUT2D eigenvalue weighted by atomic mass is 10.3. The third-order valence-electron chi connectivity index (χ3n) is 2.24. The van der Waals surface area contributed by atoms with Gasteiger partial charge in [0.15, 0.2) is 6.29 Å². The topological polar surface area (TPSA) is 54.9 Å². The lowest BCUT2D eigenvalue weighted by molar-refractivity contribution is 0.112. The van der Waals surface area contributed by atoms with Crippen LogP contribution < -0.4 is 5.32 Å². The number of nitrogens with zero attached hydrogens (tertiary/aromatic N) is 2. The van der Waals surface area contributed by atoms with E-state index in [1.54, 1.807) is 12.1 Å². The van der Waals surface area contributed by atoms with Gasteiger partial charge in [0.05, 0.1) is 21.3 Å². The van der Waals surface area contributed by atoms with Crippen LogP contribution in [-0.2, 0) is 0 Å². The SMILES string of the molecule is O=Cc1c(Cl)ncnc1Nc1ccc(Br)c(Cl)c1Cl. The van der Waals surface area contributed by atoms with Crippen LogP contribution >= 0.6 is 50.7 Å². The second-order valence-corrected chi connectivity index (χ2v) is 5.36. The normalized spacial score (nSPS) is 10.3. The summed E-state index contributed by atoms with van der Waals surface area (Å²) in [7, 11) is 0. The van der Waals surface area contributed by atoms with Crippen molar-refractivity contribution in [1.29, 1.82) is 0 Å². The number of hydrogen-bond acceptors (Lipinski definition) is 4. The monoisotopic (exact) mass is 379 g/mol. The Hall–Kier alpha value is -0.880. The molecule has 2 aromatic rings. The Balaban J connectivity index is 2.45. The Labute approximate surface area is 132 Å².